The molecule has 19 heavy (non-hydrogen) atoms. The molecule has 0 bridgehead atoms. The van der Waals surface area contributed by atoms with E-state index in [2.05, 4.69) is 5.32 Å². The van der Waals surface area contributed by atoms with Crippen molar-refractivity contribution < 1.29 is 9.18 Å². The van der Waals surface area contributed by atoms with Crippen LogP contribution in [-0.4, -0.2) is 30.9 Å². The van der Waals surface area contributed by atoms with Gasteiger partial charge in [0.05, 0.1) is 17.6 Å². The highest BCUT2D eigenvalue weighted by molar-refractivity contribution is 5.79. The Kier molecular flexibility index (Phi) is 4.13. The number of hydrogen-bond acceptors (Lipinski definition) is 3. The van der Waals surface area contributed by atoms with E-state index in [0.29, 0.717) is 17.7 Å². The molecule has 1 aromatic rings. The molecule has 0 aliphatic carbocycles. The number of nitriles is 1. The number of carbonyl (C=O) groups is 1. The van der Waals surface area contributed by atoms with Crippen LogP contribution in [0.4, 0.5) is 4.39 Å². The topological polar surface area (TPSA) is 56.1 Å². The summed E-state index contributed by atoms with van der Waals surface area (Å²) in [5.74, 6) is -0.387. The van der Waals surface area contributed by atoms with Gasteiger partial charge in [0.25, 0.3) is 0 Å². The summed E-state index contributed by atoms with van der Waals surface area (Å²) in [6.45, 7) is 1.73. The molecule has 1 amide bonds. The van der Waals surface area contributed by atoms with Gasteiger partial charge in [0.2, 0.25) is 5.91 Å². The highest BCUT2D eigenvalue weighted by Crippen LogP contribution is 2.16. The minimum atomic E-state index is -0.386. The molecule has 1 aromatic carbocycles. The molecule has 1 aliphatic heterocycles. The maximum absolute atomic E-state index is 13.6. The van der Waals surface area contributed by atoms with E-state index < -0.39 is 0 Å². The molecule has 1 fully saturated rings. The van der Waals surface area contributed by atoms with Gasteiger partial charge >= 0.3 is 0 Å². The molecule has 1 unspecified atom stereocenters. The first-order chi connectivity index (χ1) is 9.11. The van der Waals surface area contributed by atoms with Crippen molar-refractivity contribution in [2.24, 2.45) is 5.92 Å². The molecule has 1 N–H and O–H groups in total. The predicted molar refractivity (Wildman–Crippen MR) is 68.6 cm³/mol. The third-order valence-corrected chi connectivity index (χ3v) is 3.37. The highest BCUT2D eigenvalue weighted by atomic mass is 19.1. The van der Waals surface area contributed by atoms with Crippen molar-refractivity contribution in [3.05, 3.63) is 35.1 Å². The Bertz CT molecular complexity index is 518. The predicted octanol–water partition coefficient (Wildman–Crippen LogP) is 1.27. The number of benzene rings is 1. The average Bonchev–Trinajstić information content (AvgIpc) is 2.94. The number of halogens is 1. The van der Waals surface area contributed by atoms with E-state index in [1.165, 1.54) is 23.1 Å². The first-order valence-electron chi connectivity index (χ1n) is 6.26. The van der Waals surface area contributed by atoms with Crippen molar-refractivity contribution in [2.45, 2.75) is 13.0 Å². The van der Waals surface area contributed by atoms with Crippen LogP contribution in [0.2, 0.25) is 0 Å². The van der Waals surface area contributed by atoms with Crippen molar-refractivity contribution in [3.63, 3.8) is 0 Å². The second kappa shape index (κ2) is 5.81. The lowest BCUT2D eigenvalue weighted by molar-refractivity contribution is -0.134. The summed E-state index contributed by atoms with van der Waals surface area (Å²) in [4.78, 5) is 13.6. The van der Waals surface area contributed by atoms with Crippen molar-refractivity contribution in [3.8, 4) is 6.07 Å². The molecular weight excluding hydrogens is 245 g/mol. The minimum absolute atomic E-state index is 0.0201. The summed E-state index contributed by atoms with van der Waals surface area (Å²) in [5, 5.41) is 11.9. The molecule has 0 aromatic heterocycles. The van der Waals surface area contributed by atoms with Crippen molar-refractivity contribution >= 4 is 5.91 Å². The van der Waals surface area contributed by atoms with Gasteiger partial charge in [0, 0.05) is 25.7 Å². The lowest BCUT2D eigenvalue weighted by atomic mass is 10.1. The molecule has 5 heteroatoms. The van der Waals surface area contributed by atoms with Gasteiger partial charge in [0.1, 0.15) is 5.82 Å². The number of carbonyl (C=O) groups excluding carboxylic acids is 1. The quantitative estimate of drug-likeness (QED) is 0.891. The fraction of sp³-hybridized carbons (Fsp3) is 0.429. The van der Waals surface area contributed by atoms with Crippen LogP contribution in [0, 0.1) is 23.1 Å². The summed E-state index contributed by atoms with van der Waals surface area (Å²) in [5.41, 5.74) is 0.778. The molecular formula is C14H16FN3O. The lowest BCUT2D eigenvalue weighted by Crippen LogP contribution is -2.33. The van der Waals surface area contributed by atoms with Crippen LogP contribution in [0.25, 0.3) is 0 Å². The zero-order valence-electron chi connectivity index (χ0n) is 10.8. The summed E-state index contributed by atoms with van der Waals surface area (Å²) in [7, 11) is 1.67. The molecule has 1 atom stereocenters. The number of amides is 1. The van der Waals surface area contributed by atoms with Crippen molar-refractivity contribution in [2.75, 3.05) is 20.1 Å². The Labute approximate surface area is 111 Å². The fourth-order valence-corrected chi connectivity index (χ4v) is 2.28. The van der Waals surface area contributed by atoms with Gasteiger partial charge in [0.15, 0.2) is 0 Å². The van der Waals surface area contributed by atoms with E-state index in [1.807, 2.05) is 6.07 Å². The zero-order chi connectivity index (χ0) is 13.8. The zero-order valence-corrected chi connectivity index (χ0v) is 10.8. The Hall–Kier alpha value is -1.93. The van der Waals surface area contributed by atoms with Crippen LogP contribution in [0.1, 0.15) is 17.5 Å². The molecule has 1 aliphatic rings. The molecule has 0 radical (unpaired) electrons. The van der Waals surface area contributed by atoms with Crippen LogP contribution < -0.4 is 5.32 Å². The minimum Gasteiger partial charge on any atom is -0.341 e. The van der Waals surface area contributed by atoms with Gasteiger partial charge in [-0.1, -0.05) is 0 Å². The first-order valence-corrected chi connectivity index (χ1v) is 6.26. The Morgan fingerprint density at radius 3 is 3.05 bits per heavy atom. The molecule has 2 rings (SSSR count). The average molecular weight is 261 g/mol. The Morgan fingerprint density at radius 1 is 1.63 bits per heavy atom. The molecule has 100 valence electrons. The van der Waals surface area contributed by atoms with Crippen LogP contribution in [0.5, 0.6) is 0 Å². The third kappa shape index (κ3) is 3.09. The maximum atomic E-state index is 13.6. The van der Waals surface area contributed by atoms with E-state index >= 15 is 0 Å². The van der Waals surface area contributed by atoms with Crippen LogP contribution >= 0.6 is 0 Å². The van der Waals surface area contributed by atoms with Gasteiger partial charge in [-0.2, -0.15) is 5.26 Å². The lowest BCUT2D eigenvalue weighted by Gasteiger charge is -2.21. The van der Waals surface area contributed by atoms with E-state index in [-0.39, 0.29) is 24.2 Å². The van der Waals surface area contributed by atoms with E-state index in [0.717, 1.165) is 13.0 Å². The van der Waals surface area contributed by atoms with Gasteiger partial charge in [-0.25, -0.2) is 4.39 Å². The Balaban J connectivity index is 2.07. The molecule has 1 heterocycles. The summed E-state index contributed by atoms with van der Waals surface area (Å²) in [6, 6.07) is 6.16. The summed E-state index contributed by atoms with van der Waals surface area (Å²) >= 11 is 0. The standard InChI is InChI=1S/C14H16FN3O/c1-18(14(19)11-4-5-17-8-11)9-12-6-10(7-16)2-3-13(12)15/h2-3,6,11,17H,4-5,8-9H2,1H3. The molecule has 0 saturated carbocycles. The number of nitrogens with zero attached hydrogens (tertiary/aromatic N) is 2. The Morgan fingerprint density at radius 2 is 2.42 bits per heavy atom. The number of hydrogen-bond donors (Lipinski definition) is 1. The summed E-state index contributed by atoms with van der Waals surface area (Å²) in [6.07, 6.45) is 0.823. The van der Waals surface area contributed by atoms with E-state index in [9.17, 15) is 9.18 Å². The number of nitrogens with one attached hydrogen (secondary N) is 1. The van der Waals surface area contributed by atoms with Gasteiger partial charge in [-0.05, 0) is 31.2 Å². The maximum Gasteiger partial charge on any atom is 0.227 e. The van der Waals surface area contributed by atoms with Crippen molar-refractivity contribution in [1.29, 1.82) is 5.26 Å². The largest absolute Gasteiger partial charge is 0.341 e. The van der Waals surface area contributed by atoms with Crippen LogP contribution in [0.15, 0.2) is 18.2 Å². The number of rotatable bonds is 3. The van der Waals surface area contributed by atoms with Gasteiger partial charge in [-0.15, -0.1) is 0 Å². The smallest absolute Gasteiger partial charge is 0.227 e. The monoisotopic (exact) mass is 261 g/mol. The molecule has 4 nitrogen and oxygen atoms in total. The second-order valence-electron chi connectivity index (χ2n) is 4.80. The van der Waals surface area contributed by atoms with E-state index in [4.69, 9.17) is 5.26 Å². The highest BCUT2D eigenvalue weighted by Gasteiger charge is 2.25. The third-order valence-electron chi connectivity index (χ3n) is 3.37. The molecule has 0 spiro atoms. The molecule has 1 saturated heterocycles. The fourth-order valence-electron chi connectivity index (χ4n) is 2.28. The van der Waals surface area contributed by atoms with E-state index in [1.54, 1.807) is 7.05 Å². The normalized spacial score (nSPS) is 18.1. The SMILES string of the molecule is CN(Cc1cc(C#N)ccc1F)C(=O)C1CCNC1. The second-order valence-corrected chi connectivity index (χ2v) is 4.80. The van der Waals surface area contributed by atoms with Gasteiger partial charge < -0.3 is 10.2 Å². The van der Waals surface area contributed by atoms with Crippen molar-refractivity contribution in [1.82, 2.24) is 10.2 Å². The van der Waals surface area contributed by atoms with Crippen LogP contribution in [-0.2, 0) is 11.3 Å². The summed E-state index contributed by atoms with van der Waals surface area (Å²) < 4.78 is 13.6. The van der Waals surface area contributed by atoms with Gasteiger partial charge in [-0.3, -0.25) is 4.79 Å². The first kappa shape index (κ1) is 13.5. The van der Waals surface area contributed by atoms with Crippen LogP contribution in [0.3, 0.4) is 0 Å².